The second-order valence-corrected chi connectivity index (χ2v) is 9.73. The van der Waals surface area contributed by atoms with Crippen LogP contribution in [0.3, 0.4) is 0 Å². The van der Waals surface area contributed by atoms with E-state index in [1.807, 2.05) is 0 Å². The zero-order valence-electron chi connectivity index (χ0n) is 21.5. The summed E-state index contributed by atoms with van der Waals surface area (Å²) in [6.07, 6.45) is -0.579. The zero-order chi connectivity index (χ0) is 28.2. The highest BCUT2D eigenvalue weighted by atomic mass is 16.7. The molecular formula is C28H28N4O8. The van der Waals surface area contributed by atoms with Crippen molar-refractivity contribution in [3.8, 4) is 5.75 Å². The van der Waals surface area contributed by atoms with E-state index in [1.54, 1.807) is 48.5 Å². The van der Waals surface area contributed by atoms with Gasteiger partial charge < -0.3 is 20.1 Å². The molecule has 3 aliphatic heterocycles. The van der Waals surface area contributed by atoms with Gasteiger partial charge in [0.2, 0.25) is 17.6 Å². The first-order chi connectivity index (χ1) is 19.3. The first-order valence-electron chi connectivity index (χ1n) is 13.1. The van der Waals surface area contributed by atoms with Gasteiger partial charge in [-0.25, -0.2) is 5.01 Å². The quantitative estimate of drug-likeness (QED) is 0.292. The number of carbonyl (C=O) groups is 6. The van der Waals surface area contributed by atoms with Gasteiger partial charge in [-0.3, -0.25) is 33.8 Å². The molecule has 5 rings (SSSR count). The number of fused-ring (bicyclic) bond motifs is 1. The summed E-state index contributed by atoms with van der Waals surface area (Å²) in [6, 6.07) is 13.5. The van der Waals surface area contributed by atoms with Gasteiger partial charge in [0.25, 0.3) is 18.1 Å². The molecule has 2 N–H and O–H groups in total. The number of nitrogens with zero attached hydrogens (tertiary/aromatic N) is 2. The molecule has 0 aromatic heterocycles. The van der Waals surface area contributed by atoms with Crippen LogP contribution in [-0.2, 0) is 28.7 Å². The number of nitrogens with one attached hydrogen (secondary N) is 2. The standard InChI is InChI=1S/C28H28N4O8/c33-22-14-13-19(29-26(37)24(35)17-8-3-1-4-9-17)27(38)32-21(12-7-15-31(22)32)25(36)30-20-16-23(34)40-28(20)39-18-10-5-2-6-11-18/h1-6,8-11,19-21,28H,7,12-16H2,(H,29,37)(H,30,36)/t19-,20-,21-,28?/m0/s1. The van der Waals surface area contributed by atoms with Crippen LogP contribution in [0.15, 0.2) is 60.7 Å². The lowest BCUT2D eigenvalue weighted by Crippen LogP contribution is -2.64. The molecule has 12 heteroatoms. The zero-order valence-corrected chi connectivity index (χ0v) is 21.5. The predicted molar refractivity (Wildman–Crippen MR) is 137 cm³/mol. The van der Waals surface area contributed by atoms with Crippen LogP contribution in [0, 0.1) is 0 Å². The molecule has 3 aliphatic rings. The summed E-state index contributed by atoms with van der Waals surface area (Å²) < 4.78 is 11.0. The molecule has 2 aromatic carbocycles. The highest BCUT2D eigenvalue weighted by molar-refractivity contribution is 6.43. The fraction of sp³-hybridized carbons (Fsp3) is 0.357. The monoisotopic (exact) mass is 548 g/mol. The summed E-state index contributed by atoms with van der Waals surface area (Å²) in [5, 5.41) is 7.52. The van der Waals surface area contributed by atoms with Gasteiger partial charge in [0, 0.05) is 18.5 Å². The summed E-state index contributed by atoms with van der Waals surface area (Å²) in [6.45, 7) is 0.225. The van der Waals surface area contributed by atoms with E-state index in [0.29, 0.717) is 12.2 Å². The number of ketones is 1. The minimum absolute atomic E-state index is 0.0230. The van der Waals surface area contributed by atoms with Crippen LogP contribution >= 0.6 is 0 Å². The van der Waals surface area contributed by atoms with Crippen molar-refractivity contribution in [2.45, 2.75) is 56.5 Å². The first-order valence-corrected chi connectivity index (χ1v) is 13.1. The third-order valence-electron chi connectivity index (χ3n) is 7.00. The van der Waals surface area contributed by atoms with Crippen molar-refractivity contribution in [2.75, 3.05) is 6.54 Å². The van der Waals surface area contributed by atoms with Gasteiger partial charge >= 0.3 is 5.97 Å². The Bertz CT molecular complexity index is 1320. The number of carbonyl (C=O) groups excluding carboxylic acids is 6. The van der Waals surface area contributed by atoms with Crippen LogP contribution in [0.5, 0.6) is 5.75 Å². The maximum Gasteiger partial charge on any atom is 0.311 e. The molecule has 0 spiro atoms. The second kappa shape index (κ2) is 11.6. The van der Waals surface area contributed by atoms with Crippen molar-refractivity contribution >= 4 is 35.4 Å². The lowest BCUT2D eigenvalue weighted by Gasteiger charge is -2.43. The minimum atomic E-state index is -1.19. The summed E-state index contributed by atoms with van der Waals surface area (Å²) >= 11 is 0. The van der Waals surface area contributed by atoms with Gasteiger partial charge in [-0.15, -0.1) is 0 Å². The van der Waals surface area contributed by atoms with Crippen molar-refractivity contribution in [3.05, 3.63) is 66.2 Å². The fourth-order valence-corrected chi connectivity index (χ4v) is 5.02. The highest BCUT2D eigenvalue weighted by Gasteiger charge is 2.46. The smallest absolute Gasteiger partial charge is 0.311 e. The van der Waals surface area contributed by atoms with Crippen LogP contribution in [0.2, 0.25) is 0 Å². The number of para-hydroxylation sites is 1. The Balaban J connectivity index is 1.31. The molecule has 12 nitrogen and oxygen atoms in total. The van der Waals surface area contributed by atoms with Crippen molar-refractivity contribution in [1.82, 2.24) is 20.7 Å². The molecule has 208 valence electrons. The Labute approximate surface area is 229 Å². The van der Waals surface area contributed by atoms with Crippen molar-refractivity contribution in [1.29, 1.82) is 0 Å². The fourth-order valence-electron chi connectivity index (χ4n) is 5.02. The number of benzene rings is 2. The van der Waals surface area contributed by atoms with Crippen LogP contribution in [-0.4, -0.2) is 76.4 Å². The van der Waals surface area contributed by atoms with Gasteiger partial charge in [-0.1, -0.05) is 48.5 Å². The Kier molecular flexibility index (Phi) is 7.76. The Morgan fingerprint density at radius 2 is 1.60 bits per heavy atom. The lowest BCUT2D eigenvalue weighted by atomic mass is 10.0. The van der Waals surface area contributed by atoms with Crippen LogP contribution in [0.1, 0.15) is 42.5 Å². The van der Waals surface area contributed by atoms with Crippen molar-refractivity contribution in [2.24, 2.45) is 0 Å². The molecule has 3 heterocycles. The molecule has 0 bridgehead atoms. The minimum Gasteiger partial charge on any atom is -0.453 e. The Morgan fingerprint density at radius 3 is 2.33 bits per heavy atom. The molecule has 0 saturated carbocycles. The van der Waals surface area contributed by atoms with Crippen LogP contribution in [0.25, 0.3) is 0 Å². The lowest BCUT2D eigenvalue weighted by molar-refractivity contribution is -0.176. The number of hydrazine groups is 1. The molecular weight excluding hydrogens is 520 g/mol. The average Bonchev–Trinajstić information content (AvgIpc) is 3.26. The van der Waals surface area contributed by atoms with E-state index in [9.17, 15) is 28.8 Å². The van der Waals surface area contributed by atoms with E-state index in [-0.39, 0.29) is 43.7 Å². The highest BCUT2D eigenvalue weighted by Crippen LogP contribution is 2.26. The molecule has 0 aliphatic carbocycles. The number of rotatable bonds is 7. The number of ether oxygens (including phenoxy) is 2. The van der Waals surface area contributed by atoms with Crippen LogP contribution < -0.4 is 15.4 Å². The Hall–Kier alpha value is -4.74. The molecule has 40 heavy (non-hydrogen) atoms. The molecule has 0 radical (unpaired) electrons. The normalized spacial score (nSPS) is 24.4. The third kappa shape index (κ3) is 5.65. The maximum absolute atomic E-state index is 13.7. The van der Waals surface area contributed by atoms with Gasteiger partial charge in [-0.05, 0) is 31.4 Å². The summed E-state index contributed by atoms with van der Waals surface area (Å²) in [5.74, 6) is -3.54. The van der Waals surface area contributed by atoms with Gasteiger partial charge in [-0.2, -0.15) is 0 Å². The number of amides is 4. The summed E-state index contributed by atoms with van der Waals surface area (Å²) in [7, 11) is 0. The van der Waals surface area contributed by atoms with E-state index in [1.165, 1.54) is 17.1 Å². The second-order valence-electron chi connectivity index (χ2n) is 9.73. The van der Waals surface area contributed by atoms with E-state index in [2.05, 4.69) is 10.6 Å². The first kappa shape index (κ1) is 26.9. The Morgan fingerprint density at radius 1 is 0.900 bits per heavy atom. The van der Waals surface area contributed by atoms with Gasteiger partial charge in [0.05, 0.1) is 6.42 Å². The predicted octanol–water partition coefficient (Wildman–Crippen LogP) is 0.719. The van der Waals surface area contributed by atoms with E-state index < -0.39 is 53.9 Å². The molecule has 3 fully saturated rings. The average molecular weight is 549 g/mol. The molecule has 4 atom stereocenters. The molecule has 4 amide bonds. The number of cyclic esters (lactones) is 1. The summed E-state index contributed by atoms with van der Waals surface area (Å²) in [4.78, 5) is 77.4. The van der Waals surface area contributed by atoms with Gasteiger partial charge in [0.1, 0.15) is 23.9 Å². The van der Waals surface area contributed by atoms with Crippen LogP contribution in [0.4, 0.5) is 0 Å². The largest absolute Gasteiger partial charge is 0.453 e. The summed E-state index contributed by atoms with van der Waals surface area (Å²) in [5.41, 5.74) is 0.162. The molecule has 1 unspecified atom stereocenters. The van der Waals surface area contributed by atoms with E-state index in [0.717, 1.165) is 5.01 Å². The van der Waals surface area contributed by atoms with E-state index in [4.69, 9.17) is 9.47 Å². The number of hydrogen-bond donors (Lipinski definition) is 2. The van der Waals surface area contributed by atoms with Crippen molar-refractivity contribution in [3.63, 3.8) is 0 Å². The topological polar surface area (TPSA) is 151 Å². The maximum atomic E-state index is 13.7. The van der Waals surface area contributed by atoms with E-state index >= 15 is 0 Å². The third-order valence-corrected chi connectivity index (χ3v) is 7.00. The molecule has 2 aromatic rings. The van der Waals surface area contributed by atoms with Gasteiger partial charge in [0.15, 0.2) is 0 Å². The van der Waals surface area contributed by atoms with Crippen molar-refractivity contribution < 1.29 is 38.2 Å². The number of Topliss-reactive ketones (excluding diaryl/α,β-unsaturated/α-hetero) is 1. The molecule has 3 saturated heterocycles. The SMILES string of the molecule is O=C1C[C@H](NC(=O)[C@@H]2CCCN3C(=O)CC[C@H](NC(=O)C(=O)c4ccccc4)C(=O)N23)C(Oc2ccccc2)O1. The number of hydrogen-bond acceptors (Lipinski definition) is 8. The number of esters is 1.